The van der Waals surface area contributed by atoms with Gasteiger partial charge in [0.1, 0.15) is 5.69 Å². The first-order valence-electron chi connectivity index (χ1n) is 6.81. The van der Waals surface area contributed by atoms with Gasteiger partial charge in [0.15, 0.2) is 0 Å². The molecule has 1 rings (SSSR count). The second-order valence-corrected chi connectivity index (χ2v) is 6.37. The minimum atomic E-state index is 0.0222. The number of hydrogen-bond acceptors (Lipinski definition) is 2. The molecule has 1 aromatic rings. The number of aliphatic hydroxyl groups excluding tert-OH is 1. The molecule has 108 valence electrons. The van der Waals surface area contributed by atoms with E-state index in [4.69, 9.17) is 5.11 Å². The van der Waals surface area contributed by atoms with Gasteiger partial charge in [-0.15, -0.1) is 0 Å². The third kappa shape index (κ3) is 4.71. The maximum absolute atomic E-state index is 12.6. The summed E-state index contributed by atoms with van der Waals surface area (Å²) in [5.74, 6) is 0.0222. The van der Waals surface area contributed by atoms with E-state index < -0.39 is 0 Å². The van der Waals surface area contributed by atoms with E-state index in [0.29, 0.717) is 25.2 Å². The van der Waals surface area contributed by atoms with Crippen LogP contribution in [0.5, 0.6) is 0 Å². The number of amides is 1. The largest absolute Gasteiger partial charge is 0.396 e. The predicted molar refractivity (Wildman–Crippen MR) is 77.3 cm³/mol. The van der Waals surface area contributed by atoms with Gasteiger partial charge in [-0.05, 0) is 37.3 Å². The number of aliphatic hydroxyl groups is 1. The molecule has 19 heavy (non-hydrogen) atoms. The minimum absolute atomic E-state index is 0.0222. The number of aromatic nitrogens is 1. The summed E-state index contributed by atoms with van der Waals surface area (Å²) in [4.78, 5) is 17.5. The Hall–Kier alpha value is -1.29. The summed E-state index contributed by atoms with van der Waals surface area (Å²) in [5.41, 5.74) is 2.68. The summed E-state index contributed by atoms with van der Waals surface area (Å²) in [5, 5.41) is 8.98. The third-order valence-corrected chi connectivity index (χ3v) is 2.90. The Bertz CT molecular complexity index is 430. The number of nitrogens with zero attached hydrogens (tertiary/aromatic N) is 1. The predicted octanol–water partition coefficient (Wildman–Crippen LogP) is 2.50. The van der Waals surface area contributed by atoms with Crippen molar-refractivity contribution in [2.45, 2.75) is 41.0 Å². The number of aryl methyl sites for hydroxylation is 2. The van der Waals surface area contributed by atoms with Crippen molar-refractivity contribution in [2.24, 2.45) is 5.41 Å². The quantitative estimate of drug-likeness (QED) is 0.860. The zero-order valence-electron chi connectivity index (χ0n) is 12.7. The second kappa shape index (κ2) is 6.24. The smallest absolute Gasteiger partial charge is 0.270 e. The molecule has 2 N–H and O–H groups in total. The lowest BCUT2D eigenvalue weighted by atomic mass is 9.95. The van der Waals surface area contributed by atoms with Gasteiger partial charge in [-0.3, -0.25) is 4.79 Å². The molecule has 0 aliphatic rings. The number of aromatic amines is 1. The molecule has 0 radical (unpaired) electrons. The Morgan fingerprint density at radius 3 is 2.42 bits per heavy atom. The van der Waals surface area contributed by atoms with E-state index in [-0.39, 0.29) is 17.9 Å². The van der Waals surface area contributed by atoms with E-state index in [1.165, 1.54) is 0 Å². The van der Waals surface area contributed by atoms with Crippen molar-refractivity contribution in [3.63, 3.8) is 0 Å². The van der Waals surface area contributed by atoms with E-state index in [1.807, 2.05) is 24.8 Å². The molecule has 4 nitrogen and oxygen atoms in total. The summed E-state index contributed by atoms with van der Waals surface area (Å²) in [6.45, 7) is 11.6. The lowest BCUT2D eigenvalue weighted by molar-refractivity contribution is 0.0676. The molecule has 0 aliphatic heterocycles. The van der Waals surface area contributed by atoms with Crippen LogP contribution in [0.2, 0.25) is 0 Å². The number of H-pyrrole nitrogens is 1. The highest BCUT2D eigenvalue weighted by Gasteiger charge is 2.23. The first-order valence-corrected chi connectivity index (χ1v) is 6.81. The standard InChI is InChI=1S/C15H26N2O2/c1-11-9-12(2)16-13(11)14(19)17(7-6-8-18)10-15(3,4)5/h9,16,18H,6-8,10H2,1-5H3. The molecule has 0 aromatic carbocycles. The fraction of sp³-hybridized carbons (Fsp3) is 0.667. The average Bonchev–Trinajstić information content (AvgIpc) is 2.61. The van der Waals surface area contributed by atoms with Gasteiger partial charge in [0.2, 0.25) is 0 Å². The van der Waals surface area contributed by atoms with Crippen molar-refractivity contribution < 1.29 is 9.90 Å². The van der Waals surface area contributed by atoms with Gasteiger partial charge in [-0.1, -0.05) is 20.8 Å². The van der Waals surface area contributed by atoms with Crippen LogP contribution in [0.25, 0.3) is 0 Å². The molecule has 0 aliphatic carbocycles. The Morgan fingerprint density at radius 1 is 1.37 bits per heavy atom. The van der Waals surface area contributed by atoms with Gasteiger partial charge in [-0.25, -0.2) is 0 Å². The van der Waals surface area contributed by atoms with Gasteiger partial charge < -0.3 is 15.0 Å². The van der Waals surface area contributed by atoms with Crippen molar-refractivity contribution in [3.8, 4) is 0 Å². The van der Waals surface area contributed by atoms with E-state index in [1.54, 1.807) is 0 Å². The van der Waals surface area contributed by atoms with Crippen LogP contribution < -0.4 is 0 Å². The number of nitrogens with one attached hydrogen (secondary N) is 1. The molecule has 1 amide bonds. The SMILES string of the molecule is Cc1cc(C)c(C(=O)N(CCCO)CC(C)(C)C)[nH]1. The molecule has 1 heterocycles. The normalized spacial score (nSPS) is 11.7. The van der Waals surface area contributed by atoms with Gasteiger partial charge in [0, 0.05) is 25.4 Å². The minimum Gasteiger partial charge on any atom is -0.396 e. The highest BCUT2D eigenvalue weighted by Crippen LogP contribution is 2.19. The Kier molecular flexibility index (Phi) is 5.18. The van der Waals surface area contributed by atoms with Gasteiger partial charge in [0.05, 0.1) is 0 Å². The molecule has 0 saturated carbocycles. The van der Waals surface area contributed by atoms with Gasteiger partial charge in [0.25, 0.3) is 5.91 Å². The summed E-state index contributed by atoms with van der Waals surface area (Å²) < 4.78 is 0. The summed E-state index contributed by atoms with van der Waals surface area (Å²) in [6, 6.07) is 1.98. The lowest BCUT2D eigenvalue weighted by Gasteiger charge is -2.30. The zero-order chi connectivity index (χ0) is 14.6. The topological polar surface area (TPSA) is 56.3 Å². The van der Waals surface area contributed by atoms with Crippen LogP contribution in [-0.4, -0.2) is 40.6 Å². The first-order chi connectivity index (χ1) is 8.74. The summed E-state index contributed by atoms with van der Waals surface area (Å²) in [6.07, 6.45) is 0.612. The highest BCUT2D eigenvalue weighted by molar-refractivity contribution is 5.94. The average molecular weight is 266 g/mol. The molecule has 0 unspecified atom stereocenters. The van der Waals surface area contributed by atoms with Crippen LogP contribution in [0.15, 0.2) is 6.07 Å². The van der Waals surface area contributed by atoms with E-state index in [9.17, 15) is 4.79 Å². The molecule has 0 bridgehead atoms. The maximum atomic E-state index is 12.6. The van der Waals surface area contributed by atoms with Crippen LogP contribution in [0.4, 0.5) is 0 Å². The second-order valence-electron chi connectivity index (χ2n) is 6.37. The summed E-state index contributed by atoms with van der Waals surface area (Å²) >= 11 is 0. The number of hydrogen-bond donors (Lipinski definition) is 2. The van der Waals surface area contributed by atoms with Crippen molar-refractivity contribution >= 4 is 5.91 Å². The fourth-order valence-electron chi connectivity index (χ4n) is 2.20. The highest BCUT2D eigenvalue weighted by atomic mass is 16.3. The fourth-order valence-corrected chi connectivity index (χ4v) is 2.20. The molecule has 0 saturated heterocycles. The van der Waals surface area contributed by atoms with E-state index >= 15 is 0 Å². The summed E-state index contributed by atoms with van der Waals surface area (Å²) in [7, 11) is 0. The lowest BCUT2D eigenvalue weighted by Crippen LogP contribution is -2.39. The van der Waals surface area contributed by atoms with Gasteiger partial charge >= 0.3 is 0 Å². The molecular weight excluding hydrogens is 240 g/mol. The monoisotopic (exact) mass is 266 g/mol. The van der Waals surface area contributed by atoms with Crippen LogP contribution in [0, 0.1) is 19.3 Å². The van der Waals surface area contributed by atoms with E-state index in [2.05, 4.69) is 25.8 Å². The van der Waals surface area contributed by atoms with Crippen molar-refractivity contribution in [3.05, 3.63) is 23.0 Å². The Morgan fingerprint density at radius 2 is 2.00 bits per heavy atom. The number of carbonyl (C=O) groups excluding carboxylic acids is 1. The van der Waals surface area contributed by atoms with Crippen molar-refractivity contribution in [2.75, 3.05) is 19.7 Å². The van der Waals surface area contributed by atoms with Gasteiger partial charge in [-0.2, -0.15) is 0 Å². The van der Waals surface area contributed by atoms with Crippen LogP contribution >= 0.6 is 0 Å². The Balaban J connectivity index is 2.90. The number of rotatable bonds is 5. The molecule has 0 atom stereocenters. The first kappa shape index (κ1) is 15.8. The third-order valence-electron chi connectivity index (χ3n) is 2.90. The molecule has 1 aromatic heterocycles. The number of carbonyl (C=O) groups is 1. The van der Waals surface area contributed by atoms with Crippen LogP contribution in [0.1, 0.15) is 48.9 Å². The van der Waals surface area contributed by atoms with Crippen LogP contribution in [-0.2, 0) is 0 Å². The molecule has 0 fully saturated rings. The molecule has 4 heteroatoms. The van der Waals surface area contributed by atoms with Crippen molar-refractivity contribution in [1.82, 2.24) is 9.88 Å². The zero-order valence-corrected chi connectivity index (χ0v) is 12.7. The molecular formula is C15H26N2O2. The molecule has 0 spiro atoms. The van der Waals surface area contributed by atoms with Crippen LogP contribution in [0.3, 0.4) is 0 Å². The van der Waals surface area contributed by atoms with Crippen molar-refractivity contribution in [1.29, 1.82) is 0 Å². The maximum Gasteiger partial charge on any atom is 0.270 e. The Labute approximate surface area is 115 Å². The van der Waals surface area contributed by atoms with E-state index in [0.717, 1.165) is 11.3 Å².